The second-order valence-electron chi connectivity index (χ2n) is 4.91. The third-order valence-corrected chi connectivity index (χ3v) is 3.15. The zero-order valence-electron chi connectivity index (χ0n) is 10.5. The van der Waals surface area contributed by atoms with Gasteiger partial charge in [-0.05, 0) is 26.9 Å². The Hall–Kier alpha value is -1.36. The smallest absolute Gasteiger partial charge is 0.227 e. The molecular weight excluding hydrogens is 216 g/mol. The zero-order valence-corrected chi connectivity index (χ0v) is 10.5. The number of carbonyl (C=O) groups is 1. The number of carbonyl (C=O) groups excluding carboxylic acids is 1. The summed E-state index contributed by atoms with van der Waals surface area (Å²) < 4.78 is 1.86. The van der Waals surface area contributed by atoms with Gasteiger partial charge in [-0.15, -0.1) is 0 Å². The van der Waals surface area contributed by atoms with Crippen LogP contribution in [-0.2, 0) is 11.3 Å². The summed E-state index contributed by atoms with van der Waals surface area (Å²) in [6, 6.07) is 0. The van der Waals surface area contributed by atoms with Crippen LogP contribution in [-0.4, -0.2) is 41.2 Å². The normalized spacial score (nSPS) is 15.9. The van der Waals surface area contributed by atoms with Crippen molar-refractivity contribution in [3.05, 3.63) is 12.4 Å². The largest absolute Gasteiger partial charge is 0.323 e. The molecule has 1 aliphatic carbocycles. The van der Waals surface area contributed by atoms with Gasteiger partial charge in [0.1, 0.15) is 0 Å². The molecule has 0 radical (unpaired) electrons. The van der Waals surface area contributed by atoms with Gasteiger partial charge in [-0.2, -0.15) is 5.10 Å². The third-order valence-electron chi connectivity index (χ3n) is 3.15. The first-order chi connectivity index (χ1) is 8.15. The molecule has 2 rings (SSSR count). The predicted octanol–water partition coefficient (Wildman–Crippen LogP) is 1.18. The second-order valence-corrected chi connectivity index (χ2v) is 4.91. The van der Waals surface area contributed by atoms with Crippen molar-refractivity contribution in [2.24, 2.45) is 5.92 Å². The number of anilines is 1. The predicted molar refractivity (Wildman–Crippen MR) is 66.8 cm³/mol. The molecule has 0 spiro atoms. The van der Waals surface area contributed by atoms with Crippen LogP contribution in [0, 0.1) is 5.92 Å². The Bertz CT molecular complexity index is 382. The van der Waals surface area contributed by atoms with Crippen molar-refractivity contribution in [2.45, 2.75) is 25.8 Å². The van der Waals surface area contributed by atoms with E-state index in [0.717, 1.165) is 31.6 Å². The van der Waals surface area contributed by atoms with Gasteiger partial charge < -0.3 is 10.2 Å². The minimum Gasteiger partial charge on any atom is -0.323 e. The standard InChI is InChI=1S/C12H20N4O/c1-15(2)6-7-16-9-11(8-13-16)14-12(17)10-4-3-5-10/h8-10H,3-7H2,1-2H3,(H,14,17). The average Bonchev–Trinajstić information content (AvgIpc) is 2.59. The molecule has 94 valence electrons. The molecule has 0 saturated heterocycles. The monoisotopic (exact) mass is 236 g/mol. The Morgan fingerprint density at radius 1 is 1.59 bits per heavy atom. The molecule has 1 aromatic heterocycles. The van der Waals surface area contributed by atoms with Crippen molar-refractivity contribution in [3.63, 3.8) is 0 Å². The molecule has 1 aliphatic rings. The minimum atomic E-state index is 0.142. The van der Waals surface area contributed by atoms with Gasteiger partial charge in [0.25, 0.3) is 0 Å². The van der Waals surface area contributed by atoms with E-state index >= 15 is 0 Å². The van der Waals surface area contributed by atoms with Crippen LogP contribution in [0.15, 0.2) is 12.4 Å². The van der Waals surface area contributed by atoms with Gasteiger partial charge in [-0.25, -0.2) is 0 Å². The van der Waals surface area contributed by atoms with Gasteiger partial charge in [-0.3, -0.25) is 9.48 Å². The van der Waals surface area contributed by atoms with E-state index in [1.54, 1.807) is 6.20 Å². The Kier molecular flexibility index (Phi) is 3.78. The van der Waals surface area contributed by atoms with Crippen LogP contribution in [0.2, 0.25) is 0 Å². The van der Waals surface area contributed by atoms with Crippen LogP contribution < -0.4 is 5.32 Å². The van der Waals surface area contributed by atoms with Gasteiger partial charge in [0.2, 0.25) is 5.91 Å². The highest BCUT2D eigenvalue weighted by Crippen LogP contribution is 2.27. The highest BCUT2D eigenvalue weighted by molar-refractivity contribution is 5.92. The lowest BCUT2D eigenvalue weighted by Crippen LogP contribution is -2.27. The number of hydrogen-bond acceptors (Lipinski definition) is 3. The molecule has 1 amide bonds. The van der Waals surface area contributed by atoms with Crippen molar-refractivity contribution >= 4 is 11.6 Å². The lowest BCUT2D eigenvalue weighted by molar-refractivity contribution is -0.122. The first-order valence-corrected chi connectivity index (χ1v) is 6.13. The molecule has 0 aromatic carbocycles. The summed E-state index contributed by atoms with van der Waals surface area (Å²) in [6.07, 6.45) is 6.84. The number of hydrogen-bond donors (Lipinski definition) is 1. The molecule has 0 unspecified atom stereocenters. The maximum atomic E-state index is 11.7. The van der Waals surface area contributed by atoms with E-state index in [0.29, 0.717) is 0 Å². The quantitative estimate of drug-likeness (QED) is 0.835. The fraction of sp³-hybridized carbons (Fsp3) is 0.667. The van der Waals surface area contributed by atoms with Gasteiger partial charge in [0.15, 0.2) is 0 Å². The van der Waals surface area contributed by atoms with Gasteiger partial charge in [-0.1, -0.05) is 6.42 Å². The molecule has 1 fully saturated rings. The van der Waals surface area contributed by atoms with E-state index in [4.69, 9.17) is 0 Å². The second kappa shape index (κ2) is 5.31. The summed E-state index contributed by atoms with van der Waals surface area (Å²) in [4.78, 5) is 13.8. The number of amides is 1. The van der Waals surface area contributed by atoms with Crippen molar-refractivity contribution < 1.29 is 4.79 Å². The molecular formula is C12H20N4O. The van der Waals surface area contributed by atoms with E-state index in [1.807, 2.05) is 25.0 Å². The minimum absolute atomic E-state index is 0.142. The van der Waals surface area contributed by atoms with Crippen LogP contribution in [0.1, 0.15) is 19.3 Å². The van der Waals surface area contributed by atoms with Gasteiger partial charge in [0.05, 0.1) is 18.4 Å². The van der Waals surface area contributed by atoms with Crippen LogP contribution >= 0.6 is 0 Å². The van der Waals surface area contributed by atoms with Crippen molar-refractivity contribution in [3.8, 4) is 0 Å². The molecule has 1 saturated carbocycles. The lowest BCUT2D eigenvalue weighted by atomic mass is 9.85. The fourth-order valence-electron chi connectivity index (χ4n) is 1.77. The fourth-order valence-corrected chi connectivity index (χ4v) is 1.77. The lowest BCUT2D eigenvalue weighted by Gasteiger charge is -2.23. The summed E-state index contributed by atoms with van der Waals surface area (Å²) in [7, 11) is 4.06. The molecule has 1 aromatic rings. The molecule has 17 heavy (non-hydrogen) atoms. The summed E-state index contributed by atoms with van der Waals surface area (Å²) in [5.41, 5.74) is 0.806. The highest BCUT2D eigenvalue weighted by atomic mass is 16.1. The number of aromatic nitrogens is 2. The van der Waals surface area contributed by atoms with Crippen LogP contribution in [0.25, 0.3) is 0 Å². The molecule has 0 atom stereocenters. The van der Waals surface area contributed by atoms with E-state index in [9.17, 15) is 4.79 Å². The highest BCUT2D eigenvalue weighted by Gasteiger charge is 2.25. The summed E-state index contributed by atoms with van der Waals surface area (Å²) in [5, 5.41) is 7.14. The molecule has 0 aliphatic heterocycles. The average molecular weight is 236 g/mol. The summed E-state index contributed by atoms with van der Waals surface area (Å²) in [5.74, 6) is 0.364. The first-order valence-electron chi connectivity index (χ1n) is 6.13. The molecule has 5 heteroatoms. The number of nitrogens with zero attached hydrogens (tertiary/aromatic N) is 3. The SMILES string of the molecule is CN(C)CCn1cc(NC(=O)C2CCC2)cn1. The first kappa shape index (κ1) is 12.1. The van der Waals surface area contributed by atoms with E-state index in [2.05, 4.69) is 15.3 Å². The number of likely N-dealkylation sites (N-methyl/N-ethyl adjacent to an activating group) is 1. The number of nitrogens with one attached hydrogen (secondary N) is 1. The topological polar surface area (TPSA) is 50.2 Å². The maximum Gasteiger partial charge on any atom is 0.227 e. The Morgan fingerprint density at radius 2 is 2.35 bits per heavy atom. The Labute approximate surface area is 102 Å². The summed E-state index contributed by atoms with van der Waals surface area (Å²) in [6.45, 7) is 1.78. The van der Waals surface area contributed by atoms with Crippen molar-refractivity contribution in [1.82, 2.24) is 14.7 Å². The van der Waals surface area contributed by atoms with E-state index < -0.39 is 0 Å². The number of rotatable bonds is 5. The van der Waals surface area contributed by atoms with Crippen LogP contribution in [0.3, 0.4) is 0 Å². The molecule has 0 bridgehead atoms. The zero-order chi connectivity index (χ0) is 12.3. The van der Waals surface area contributed by atoms with Gasteiger partial charge in [0, 0.05) is 18.7 Å². The van der Waals surface area contributed by atoms with Crippen molar-refractivity contribution in [2.75, 3.05) is 26.0 Å². The Balaban J connectivity index is 1.82. The molecule has 5 nitrogen and oxygen atoms in total. The van der Waals surface area contributed by atoms with Crippen LogP contribution in [0.5, 0.6) is 0 Å². The third kappa shape index (κ3) is 3.30. The Morgan fingerprint density at radius 3 is 2.94 bits per heavy atom. The van der Waals surface area contributed by atoms with E-state index in [1.165, 1.54) is 6.42 Å². The summed E-state index contributed by atoms with van der Waals surface area (Å²) >= 11 is 0. The molecule has 1 N–H and O–H groups in total. The maximum absolute atomic E-state index is 11.7. The van der Waals surface area contributed by atoms with Crippen molar-refractivity contribution in [1.29, 1.82) is 0 Å². The van der Waals surface area contributed by atoms with Gasteiger partial charge >= 0.3 is 0 Å². The van der Waals surface area contributed by atoms with Crippen LogP contribution in [0.4, 0.5) is 5.69 Å². The molecule has 1 heterocycles. The van der Waals surface area contributed by atoms with E-state index in [-0.39, 0.29) is 11.8 Å².